The molecule has 0 aliphatic heterocycles. The Morgan fingerprint density at radius 2 is 2.00 bits per heavy atom. The smallest absolute Gasteiger partial charge is 0.354 e. The summed E-state index contributed by atoms with van der Waals surface area (Å²) in [5.41, 5.74) is -0.142. The maximum absolute atomic E-state index is 14.2. The van der Waals surface area contributed by atoms with Gasteiger partial charge in [0.05, 0.1) is 24.8 Å². The van der Waals surface area contributed by atoms with Crippen LogP contribution in [0.25, 0.3) is 0 Å². The largest absolute Gasteiger partial charge is 0.494 e. The van der Waals surface area contributed by atoms with Crippen molar-refractivity contribution in [3.05, 3.63) is 52.1 Å². The quantitative estimate of drug-likeness (QED) is 0.696. The lowest BCUT2D eigenvalue weighted by Gasteiger charge is -2.07. The first-order valence-corrected chi connectivity index (χ1v) is 6.20. The van der Waals surface area contributed by atoms with Gasteiger partial charge in [0.25, 0.3) is 0 Å². The second-order valence-corrected chi connectivity index (χ2v) is 4.47. The molecule has 0 unspecified atom stereocenters. The second kappa shape index (κ2) is 5.97. The second-order valence-electron chi connectivity index (χ2n) is 4.06. The zero-order valence-electron chi connectivity index (χ0n) is 11.2. The molecule has 2 rings (SSSR count). The van der Waals surface area contributed by atoms with Gasteiger partial charge < -0.3 is 14.5 Å². The van der Waals surface area contributed by atoms with Crippen molar-refractivity contribution in [1.82, 2.24) is 4.98 Å². The van der Waals surface area contributed by atoms with Gasteiger partial charge in [0.2, 0.25) is 0 Å². The Morgan fingerprint density at radius 1 is 1.29 bits per heavy atom. The van der Waals surface area contributed by atoms with E-state index in [-0.39, 0.29) is 27.6 Å². The minimum absolute atomic E-state index is 0.0425. The lowest BCUT2D eigenvalue weighted by molar-refractivity contribution is 0.0595. The minimum atomic E-state index is -0.851. The number of carbonyl (C=O) groups is 2. The maximum Gasteiger partial charge on any atom is 0.354 e. The third-order valence-corrected chi connectivity index (χ3v) is 3.17. The number of ketones is 1. The van der Waals surface area contributed by atoms with Gasteiger partial charge in [-0.1, -0.05) is 11.6 Å². The van der Waals surface area contributed by atoms with Crippen LogP contribution in [0, 0.1) is 5.82 Å². The summed E-state index contributed by atoms with van der Waals surface area (Å²) < 4.78 is 23.5. The topological polar surface area (TPSA) is 68.4 Å². The van der Waals surface area contributed by atoms with Crippen LogP contribution in [-0.2, 0) is 4.74 Å². The molecule has 0 atom stereocenters. The van der Waals surface area contributed by atoms with Crippen molar-refractivity contribution in [2.75, 3.05) is 14.2 Å². The zero-order chi connectivity index (χ0) is 15.6. The van der Waals surface area contributed by atoms with Crippen LogP contribution in [0.1, 0.15) is 26.4 Å². The Kier molecular flexibility index (Phi) is 4.28. The van der Waals surface area contributed by atoms with Crippen LogP contribution >= 0.6 is 11.6 Å². The summed E-state index contributed by atoms with van der Waals surface area (Å²) in [6.45, 7) is 0. The highest BCUT2D eigenvalue weighted by Gasteiger charge is 2.23. The molecule has 1 heterocycles. The fraction of sp³-hybridized carbons (Fsp3) is 0.143. The predicted molar refractivity (Wildman–Crippen MR) is 73.5 cm³/mol. The van der Waals surface area contributed by atoms with Crippen LogP contribution in [0.2, 0.25) is 5.02 Å². The monoisotopic (exact) mass is 311 g/mol. The van der Waals surface area contributed by atoms with Crippen molar-refractivity contribution in [3.8, 4) is 5.75 Å². The summed E-state index contributed by atoms with van der Waals surface area (Å²) in [4.78, 5) is 26.2. The average molecular weight is 312 g/mol. The number of ether oxygens (including phenoxy) is 2. The summed E-state index contributed by atoms with van der Waals surface area (Å²) in [6, 6.07) is 3.96. The van der Waals surface area contributed by atoms with Gasteiger partial charge in [0.1, 0.15) is 5.69 Å². The number of halogens is 2. The fourth-order valence-corrected chi connectivity index (χ4v) is 2.03. The standard InChI is InChI=1S/C14H11ClFNO4/c1-20-10-4-3-8(15)11(12(10)16)13(18)7-5-9(17-6-7)14(19)21-2/h3-6,17H,1-2H3. The minimum Gasteiger partial charge on any atom is -0.494 e. The SMILES string of the molecule is COC(=O)c1cc(C(=O)c2c(Cl)ccc(OC)c2F)c[nH]1. The van der Waals surface area contributed by atoms with Crippen LogP contribution in [0.5, 0.6) is 5.75 Å². The first kappa shape index (κ1) is 15.1. The van der Waals surface area contributed by atoms with Crippen molar-refractivity contribution < 1.29 is 23.5 Å². The number of benzene rings is 1. The van der Waals surface area contributed by atoms with Crippen molar-refractivity contribution in [1.29, 1.82) is 0 Å². The van der Waals surface area contributed by atoms with Gasteiger partial charge >= 0.3 is 5.97 Å². The third kappa shape index (κ3) is 2.75. The number of nitrogens with one attached hydrogen (secondary N) is 1. The molecule has 5 nitrogen and oxygen atoms in total. The molecule has 0 fully saturated rings. The van der Waals surface area contributed by atoms with Crippen LogP contribution < -0.4 is 4.74 Å². The Labute approximate surface area is 124 Å². The van der Waals surface area contributed by atoms with Crippen molar-refractivity contribution in [2.45, 2.75) is 0 Å². The van der Waals surface area contributed by atoms with E-state index in [2.05, 4.69) is 9.72 Å². The first-order valence-electron chi connectivity index (χ1n) is 5.83. The molecular formula is C14H11ClFNO4. The highest BCUT2D eigenvalue weighted by atomic mass is 35.5. The van der Waals surface area contributed by atoms with E-state index >= 15 is 0 Å². The predicted octanol–water partition coefficient (Wildman–Crippen LogP) is 2.83. The number of aromatic amines is 1. The molecular weight excluding hydrogens is 301 g/mol. The molecule has 0 aliphatic carbocycles. The third-order valence-electron chi connectivity index (χ3n) is 2.85. The van der Waals surface area contributed by atoms with Crippen LogP contribution in [0.3, 0.4) is 0 Å². The van der Waals surface area contributed by atoms with Gasteiger partial charge in [-0.05, 0) is 18.2 Å². The maximum atomic E-state index is 14.2. The molecule has 7 heteroatoms. The lowest BCUT2D eigenvalue weighted by Crippen LogP contribution is -2.06. The van der Waals surface area contributed by atoms with E-state index in [1.54, 1.807) is 0 Å². The number of aromatic nitrogens is 1. The Morgan fingerprint density at radius 3 is 2.62 bits per heavy atom. The van der Waals surface area contributed by atoms with Gasteiger partial charge in [0, 0.05) is 11.8 Å². The normalized spacial score (nSPS) is 10.3. The summed E-state index contributed by atoms with van der Waals surface area (Å²) in [7, 11) is 2.50. The molecule has 2 aromatic rings. The number of hydrogen-bond donors (Lipinski definition) is 1. The number of H-pyrrole nitrogens is 1. The zero-order valence-corrected chi connectivity index (χ0v) is 12.0. The van der Waals surface area contributed by atoms with E-state index in [4.69, 9.17) is 16.3 Å². The molecule has 0 saturated heterocycles. The van der Waals surface area contributed by atoms with E-state index in [1.165, 1.54) is 38.6 Å². The molecule has 110 valence electrons. The molecule has 0 aliphatic rings. The van der Waals surface area contributed by atoms with E-state index < -0.39 is 17.6 Å². The van der Waals surface area contributed by atoms with E-state index in [1.807, 2.05) is 0 Å². The Bertz CT molecular complexity index is 711. The average Bonchev–Trinajstić information content (AvgIpc) is 2.96. The summed E-state index contributed by atoms with van der Waals surface area (Å²) in [5.74, 6) is -2.24. The van der Waals surface area contributed by atoms with Gasteiger partial charge in [-0.2, -0.15) is 0 Å². The Hall–Kier alpha value is -2.34. The molecule has 1 aromatic heterocycles. The number of methoxy groups -OCH3 is 2. The van der Waals surface area contributed by atoms with Gasteiger partial charge in [0.15, 0.2) is 17.3 Å². The van der Waals surface area contributed by atoms with Crippen molar-refractivity contribution in [3.63, 3.8) is 0 Å². The molecule has 0 radical (unpaired) electrons. The summed E-state index contributed by atoms with van der Waals surface area (Å²) in [5, 5.41) is -0.0425. The molecule has 0 amide bonds. The lowest BCUT2D eigenvalue weighted by atomic mass is 10.0. The number of carbonyl (C=O) groups excluding carboxylic acids is 2. The van der Waals surface area contributed by atoms with Crippen molar-refractivity contribution in [2.24, 2.45) is 0 Å². The van der Waals surface area contributed by atoms with Crippen LogP contribution in [0.4, 0.5) is 4.39 Å². The fourth-order valence-electron chi connectivity index (χ4n) is 1.80. The number of rotatable bonds is 4. The van der Waals surface area contributed by atoms with Crippen molar-refractivity contribution >= 4 is 23.4 Å². The molecule has 0 spiro atoms. The van der Waals surface area contributed by atoms with Gasteiger partial charge in [-0.3, -0.25) is 4.79 Å². The molecule has 1 N–H and O–H groups in total. The van der Waals surface area contributed by atoms with Crippen LogP contribution in [-0.4, -0.2) is 31.0 Å². The Balaban J connectivity index is 2.45. The highest BCUT2D eigenvalue weighted by molar-refractivity contribution is 6.35. The molecule has 0 saturated carbocycles. The van der Waals surface area contributed by atoms with E-state index in [0.717, 1.165) is 0 Å². The first-order chi connectivity index (χ1) is 9.99. The molecule has 1 aromatic carbocycles. The molecule has 0 bridgehead atoms. The van der Waals surface area contributed by atoms with E-state index in [0.29, 0.717) is 0 Å². The van der Waals surface area contributed by atoms with E-state index in [9.17, 15) is 14.0 Å². The van der Waals surface area contributed by atoms with Gasteiger partial charge in [-0.15, -0.1) is 0 Å². The van der Waals surface area contributed by atoms with Gasteiger partial charge in [-0.25, -0.2) is 9.18 Å². The van der Waals surface area contributed by atoms with Crippen LogP contribution in [0.15, 0.2) is 24.4 Å². The molecule has 21 heavy (non-hydrogen) atoms. The number of esters is 1. The number of hydrogen-bond acceptors (Lipinski definition) is 4. The summed E-state index contributed by atoms with van der Waals surface area (Å²) in [6.07, 6.45) is 1.28. The highest BCUT2D eigenvalue weighted by Crippen LogP contribution is 2.29. The summed E-state index contributed by atoms with van der Waals surface area (Å²) >= 11 is 5.88.